The fraction of sp³-hybridized carbons (Fsp3) is 0.938. The van der Waals surface area contributed by atoms with Crippen LogP contribution in [-0.4, -0.2) is 59.6 Å². The van der Waals surface area contributed by atoms with Crippen LogP contribution >= 0.6 is 0 Å². The first-order chi connectivity index (χ1) is 9.72. The van der Waals surface area contributed by atoms with Crippen molar-refractivity contribution in [2.45, 2.75) is 69.9 Å². The van der Waals surface area contributed by atoms with E-state index in [-0.39, 0.29) is 12.5 Å². The first kappa shape index (κ1) is 15.8. The standard InChI is InChI=1S/C16H30N2O2/c1-17(14-7-3-2-4-8-14)16(20)13-18-11-6-5-9-15(18)10-12-19/h14-15,19H,2-13H2,1H3. The van der Waals surface area contributed by atoms with E-state index in [0.29, 0.717) is 18.6 Å². The zero-order valence-electron chi connectivity index (χ0n) is 12.9. The van der Waals surface area contributed by atoms with E-state index < -0.39 is 0 Å². The molecule has 0 aromatic rings. The maximum atomic E-state index is 12.5. The lowest BCUT2D eigenvalue weighted by atomic mass is 9.94. The highest BCUT2D eigenvalue weighted by atomic mass is 16.3. The van der Waals surface area contributed by atoms with E-state index in [2.05, 4.69) is 4.90 Å². The third-order valence-corrected chi connectivity index (χ3v) is 5.07. The molecule has 20 heavy (non-hydrogen) atoms. The maximum Gasteiger partial charge on any atom is 0.236 e. The third-order valence-electron chi connectivity index (χ3n) is 5.07. The van der Waals surface area contributed by atoms with Gasteiger partial charge in [-0.15, -0.1) is 0 Å². The number of amides is 1. The molecule has 0 aromatic carbocycles. The van der Waals surface area contributed by atoms with Gasteiger partial charge in [-0.1, -0.05) is 25.7 Å². The van der Waals surface area contributed by atoms with Crippen molar-refractivity contribution in [2.24, 2.45) is 0 Å². The minimum atomic E-state index is 0.230. The largest absolute Gasteiger partial charge is 0.396 e. The second-order valence-electron chi connectivity index (χ2n) is 6.43. The van der Waals surface area contributed by atoms with Crippen LogP contribution in [-0.2, 0) is 4.79 Å². The summed E-state index contributed by atoms with van der Waals surface area (Å²) in [6.07, 6.45) is 10.5. The summed E-state index contributed by atoms with van der Waals surface area (Å²) in [7, 11) is 1.98. The number of piperidine rings is 1. The second-order valence-corrected chi connectivity index (χ2v) is 6.43. The minimum Gasteiger partial charge on any atom is -0.396 e. The first-order valence-corrected chi connectivity index (χ1v) is 8.33. The number of aliphatic hydroxyl groups excluding tert-OH is 1. The van der Waals surface area contributed by atoms with Crippen LogP contribution in [0.5, 0.6) is 0 Å². The molecule has 4 heteroatoms. The molecule has 1 N–H and O–H groups in total. The van der Waals surface area contributed by atoms with Crippen molar-refractivity contribution in [2.75, 3.05) is 26.7 Å². The Morgan fingerprint density at radius 3 is 2.55 bits per heavy atom. The summed E-state index contributed by atoms with van der Waals surface area (Å²) in [4.78, 5) is 16.8. The van der Waals surface area contributed by atoms with Crippen molar-refractivity contribution in [1.82, 2.24) is 9.80 Å². The predicted octanol–water partition coefficient (Wildman–Crippen LogP) is 2.01. The van der Waals surface area contributed by atoms with Crippen molar-refractivity contribution in [3.05, 3.63) is 0 Å². The van der Waals surface area contributed by atoms with Gasteiger partial charge in [-0.3, -0.25) is 9.69 Å². The molecular weight excluding hydrogens is 252 g/mol. The molecule has 0 bridgehead atoms. The van der Waals surface area contributed by atoms with Gasteiger partial charge < -0.3 is 10.0 Å². The quantitative estimate of drug-likeness (QED) is 0.839. The molecule has 2 aliphatic rings. The Morgan fingerprint density at radius 2 is 1.85 bits per heavy atom. The van der Waals surface area contributed by atoms with E-state index in [1.165, 1.54) is 44.9 Å². The molecule has 1 saturated heterocycles. The molecular formula is C16H30N2O2. The molecule has 2 rings (SSSR count). The monoisotopic (exact) mass is 282 g/mol. The summed E-state index contributed by atoms with van der Waals surface area (Å²) in [5.41, 5.74) is 0. The SMILES string of the molecule is CN(C(=O)CN1CCCCC1CCO)C1CCCCC1. The van der Waals surface area contributed by atoms with Crippen molar-refractivity contribution in [3.8, 4) is 0 Å². The van der Waals surface area contributed by atoms with Crippen LogP contribution in [0, 0.1) is 0 Å². The molecule has 0 aromatic heterocycles. The number of rotatable bonds is 5. The lowest BCUT2D eigenvalue weighted by Gasteiger charge is -2.37. The topological polar surface area (TPSA) is 43.8 Å². The van der Waals surface area contributed by atoms with Gasteiger partial charge in [0.05, 0.1) is 6.54 Å². The Labute approximate surface area is 123 Å². The van der Waals surface area contributed by atoms with Gasteiger partial charge in [-0.05, 0) is 38.6 Å². The van der Waals surface area contributed by atoms with Gasteiger partial charge in [0.2, 0.25) is 5.91 Å². The van der Waals surface area contributed by atoms with Gasteiger partial charge in [-0.2, -0.15) is 0 Å². The van der Waals surface area contributed by atoms with Crippen LogP contribution in [0.2, 0.25) is 0 Å². The predicted molar refractivity (Wildman–Crippen MR) is 80.6 cm³/mol. The van der Waals surface area contributed by atoms with Crippen molar-refractivity contribution in [1.29, 1.82) is 0 Å². The van der Waals surface area contributed by atoms with E-state index in [1.54, 1.807) is 0 Å². The third kappa shape index (κ3) is 4.19. The van der Waals surface area contributed by atoms with Gasteiger partial charge in [0.1, 0.15) is 0 Å². The molecule has 2 fully saturated rings. The molecule has 0 spiro atoms. The van der Waals surface area contributed by atoms with Crippen LogP contribution in [0.25, 0.3) is 0 Å². The summed E-state index contributed by atoms with van der Waals surface area (Å²) >= 11 is 0. The van der Waals surface area contributed by atoms with Crippen LogP contribution in [0.15, 0.2) is 0 Å². The average Bonchev–Trinajstić information content (AvgIpc) is 2.49. The fourth-order valence-electron chi connectivity index (χ4n) is 3.70. The number of hydrogen-bond acceptors (Lipinski definition) is 3. The van der Waals surface area contributed by atoms with Crippen molar-refractivity contribution in [3.63, 3.8) is 0 Å². The Hall–Kier alpha value is -0.610. The maximum absolute atomic E-state index is 12.5. The zero-order chi connectivity index (χ0) is 14.4. The normalized spacial score (nSPS) is 25.6. The van der Waals surface area contributed by atoms with E-state index in [9.17, 15) is 4.79 Å². The summed E-state index contributed by atoms with van der Waals surface area (Å²) in [5, 5.41) is 9.16. The van der Waals surface area contributed by atoms with Crippen LogP contribution in [0.1, 0.15) is 57.8 Å². The molecule has 1 unspecified atom stereocenters. The van der Waals surface area contributed by atoms with Crippen molar-refractivity contribution < 1.29 is 9.90 Å². The second kappa shape index (κ2) is 7.99. The molecule has 1 saturated carbocycles. The Bertz CT molecular complexity index is 301. The van der Waals surface area contributed by atoms with E-state index in [1.807, 2.05) is 11.9 Å². The van der Waals surface area contributed by atoms with Crippen molar-refractivity contribution >= 4 is 5.91 Å². The summed E-state index contributed by atoms with van der Waals surface area (Å²) in [5.74, 6) is 0.265. The number of nitrogens with zero attached hydrogens (tertiary/aromatic N) is 2. The highest BCUT2D eigenvalue weighted by Gasteiger charge is 2.27. The van der Waals surface area contributed by atoms with E-state index in [4.69, 9.17) is 5.11 Å². The summed E-state index contributed by atoms with van der Waals surface area (Å²) < 4.78 is 0. The van der Waals surface area contributed by atoms with Gasteiger partial charge in [-0.25, -0.2) is 0 Å². The molecule has 116 valence electrons. The molecule has 4 nitrogen and oxygen atoms in total. The fourth-order valence-corrected chi connectivity index (χ4v) is 3.70. The molecule has 1 aliphatic heterocycles. The molecule has 1 atom stereocenters. The number of hydrogen-bond donors (Lipinski definition) is 1. The Balaban J connectivity index is 1.84. The number of aliphatic hydroxyl groups is 1. The number of carbonyl (C=O) groups excluding carboxylic acids is 1. The summed E-state index contributed by atoms with van der Waals surface area (Å²) in [6, 6.07) is 0.856. The molecule has 1 heterocycles. The van der Waals surface area contributed by atoms with E-state index in [0.717, 1.165) is 19.4 Å². The summed E-state index contributed by atoms with van der Waals surface area (Å²) in [6.45, 7) is 1.78. The number of likely N-dealkylation sites (tertiary alicyclic amines) is 1. The Kier molecular flexibility index (Phi) is 6.30. The van der Waals surface area contributed by atoms with Gasteiger partial charge in [0, 0.05) is 25.7 Å². The highest BCUT2D eigenvalue weighted by Crippen LogP contribution is 2.23. The smallest absolute Gasteiger partial charge is 0.236 e. The van der Waals surface area contributed by atoms with E-state index >= 15 is 0 Å². The molecule has 1 aliphatic carbocycles. The number of carbonyl (C=O) groups is 1. The van der Waals surface area contributed by atoms with Crippen LogP contribution in [0.3, 0.4) is 0 Å². The molecule has 0 radical (unpaired) electrons. The number of likely N-dealkylation sites (N-methyl/N-ethyl adjacent to an activating group) is 1. The Morgan fingerprint density at radius 1 is 1.15 bits per heavy atom. The van der Waals surface area contributed by atoms with Crippen LogP contribution < -0.4 is 0 Å². The lowest BCUT2D eigenvalue weighted by Crippen LogP contribution is -2.48. The lowest BCUT2D eigenvalue weighted by molar-refractivity contribution is -0.134. The zero-order valence-corrected chi connectivity index (χ0v) is 12.9. The average molecular weight is 282 g/mol. The molecule has 1 amide bonds. The highest BCUT2D eigenvalue weighted by molar-refractivity contribution is 5.78. The minimum absolute atomic E-state index is 0.230. The van der Waals surface area contributed by atoms with Crippen LogP contribution in [0.4, 0.5) is 0 Å². The van der Waals surface area contributed by atoms with Gasteiger partial charge in [0.25, 0.3) is 0 Å². The van der Waals surface area contributed by atoms with Gasteiger partial charge >= 0.3 is 0 Å². The first-order valence-electron chi connectivity index (χ1n) is 8.33. The van der Waals surface area contributed by atoms with Gasteiger partial charge in [0.15, 0.2) is 0 Å².